The number of pyridine rings is 1. The molecular formula is C16H20N4O5S. The molecule has 0 N–H and O–H groups in total. The van der Waals surface area contributed by atoms with Crippen LogP contribution in [0.1, 0.15) is 12.1 Å². The average molecular weight is 380 g/mol. The van der Waals surface area contributed by atoms with Crippen LogP contribution in [0.15, 0.2) is 39.0 Å². The summed E-state index contributed by atoms with van der Waals surface area (Å²) in [6.07, 6.45) is 2.89. The van der Waals surface area contributed by atoms with E-state index in [1.807, 2.05) is 6.92 Å². The summed E-state index contributed by atoms with van der Waals surface area (Å²) in [7, 11) is -1.36. The lowest BCUT2D eigenvalue weighted by molar-refractivity contribution is 0.213. The van der Waals surface area contributed by atoms with Gasteiger partial charge in [0, 0.05) is 33.0 Å². The van der Waals surface area contributed by atoms with E-state index in [-0.39, 0.29) is 19.2 Å². The van der Waals surface area contributed by atoms with Crippen molar-refractivity contribution < 1.29 is 13.2 Å². The average Bonchev–Trinajstić information content (AvgIpc) is 3.07. The summed E-state index contributed by atoms with van der Waals surface area (Å²) in [5.41, 5.74) is -0.690. The van der Waals surface area contributed by atoms with Crippen LogP contribution in [0.4, 0.5) is 0 Å². The Balaban J connectivity index is 1.85. The zero-order valence-corrected chi connectivity index (χ0v) is 15.6. The second kappa shape index (κ2) is 6.69. The standard InChI is InChI=1S/C16H20N4O5S/c1-11-13(5-4-7-17-11)25-12-6-8-20(9-12)26(23,24)14-10-18(2)16(22)19(3)15(14)21/h4-5,7,10,12H,6,8-9H2,1-3H3. The third-order valence-corrected chi connectivity index (χ3v) is 6.24. The van der Waals surface area contributed by atoms with Gasteiger partial charge < -0.3 is 9.30 Å². The van der Waals surface area contributed by atoms with E-state index in [1.165, 1.54) is 18.4 Å². The van der Waals surface area contributed by atoms with E-state index in [2.05, 4.69) is 4.98 Å². The van der Waals surface area contributed by atoms with Crippen LogP contribution in [0.5, 0.6) is 5.75 Å². The van der Waals surface area contributed by atoms with Crippen LogP contribution >= 0.6 is 0 Å². The Morgan fingerprint density at radius 1 is 1.27 bits per heavy atom. The molecule has 2 aromatic rings. The minimum Gasteiger partial charge on any atom is -0.487 e. The van der Waals surface area contributed by atoms with Gasteiger partial charge in [0.25, 0.3) is 5.56 Å². The van der Waals surface area contributed by atoms with Crippen molar-refractivity contribution in [1.29, 1.82) is 0 Å². The highest BCUT2D eigenvalue weighted by Gasteiger charge is 2.36. The molecule has 0 aliphatic carbocycles. The fourth-order valence-electron chi connectivity index (χ4n) is 2.88. The van der Waals surface area contributed by atoms with Crippen LogP contribution in [0.3, 0.4) is 0 Å². The van der Waals surface area contributed by atoms with Crippen molar-refractivity contribution >= 4 is 10.0 Å². The van der Waals surface area contributed by atoms with Crippen molar-refractivity contribution in [1.82, 2.24) is 18.4 Å². The minimum absolute atomic E-state index is 0.128. The molecule has 0 aromatic carbocycles. The van der Waals surface area contributed by atoms with Crippen molar-refractivity contribution in [2.24, 2.45) is 14.1 Å². The highest BCUT2D eigenvalue weighted by Crippen LogP contribution is 2.23. The fourth-order valence-corrected chi connectivity index (χ4v) is 4.51. The van der Waals surface area contributed by atoms with Gasteiger partial charge in [0.2, 0.25) is 10.0 Å². The predicted octanol–water partition coefficient (Wildman–Crippen LogP) is -0.371. The highest BCUT2D eigenvalue weighted by molar-refractivity contribution is 7.89. The maximum Gasteiger partial charge on any atom is 0.330 e. The second-order valence-corrected chi connectivity index (χ2v) is 8.14. The molecule has 1 aliphatic rings. The van der Waals surface area contributed by atoms with E-state index in [4.69, 9.17) is 4.74 Å². The molecule has 1 fully saturated rings. The molecule has 0 saturated carbocycles. The topological polar surface area (TPSA) is 104 Å². The summed E-state index contributed by atoms with van der Waals surface area (Å²) < 4.78 is 34.7. The Kier molecular flexibility index (Phi) is 4.72. The second-order valence-electron chi connectivity index (χ2n) is 6.23. The molecule has 0 radical (unpaired) electrons. The summed E-state index contributed by atoms with van der Waals surface area (Å²) in [6, 6.07) is 3.53. The lowest BCUT2D eigenvalue weighted by Gasteiger charge is -2.18. The number of nitrogens with zero attached hydrogens (tertiary/aromatic N) is 4. The van der Waals surface area contributed by atoms with Crippen LogP contribution in [0.2, 0.25) is 0 Å². The third-order valence-electron chi connectivity index (χ3n) is 4.39. The van der Waals surface area contributed by atoms with E-state index >= 15 is 0 Å². The summed E-state index contributed by atoms with van der Waals surface area (Å²) >= 11 is 0. The van der Waals surface area contributed by atoms with E-state index in [1.54, 1.807) is 18.3 Å². The molecule has 3 rings (SSSR count). The Morgan fingerprint density at radius 3 is 2.69 bits per heavy atom. The van der Waals surface area contributed by atoms with Crippen molar-refractivity contribution in [3.05, 3.63) is 51.1 Å². The number of hydrogen-bond acceptors (Lipinski definition) is 6. The molecule has 9 nitrogen and oxygen atoms in total. The number of ether oxygens (including phenoxy) is 1. The number of sulfonamides is 1. The van der Waals surface area contributed by atoms with E-state index in [0.717, 1.165) is 21.0 Å². The Labute approximate surface area is 150 Å². The fraction of sp³-hybridized carbons (Fsp3) is 0.438. The molecule has 10 heteroatoms. The molecule has 2 aromatic heterocycles. The molecule has 0 bridgehead atoms. The Morgan fingerprint density at radius 2 is 2.00 bits per heavy atom. The van der Waals surface area contributed by atoms with E-state index < -0.39 is 26.2 Å². The van der Waals surface area contributed by atoms with E-state index in [0.29, 0.717) is 12.2 Å². The summed E-state index contributed by atoms with van der Waals surface area (Å²) in [5.74, 6) is 0.606. The lowest BCUT2D eigenvalue weighted by Crippen LogP contribution is -2.42. The molecule has 140 valence electrons. The van der Waals surface area contributed by atoms with Gasteiger partial charge in [-0.05, 0) is 25.5 Å². The van der Waals surface area contributed by atoms with Gasteiger partial charge in [0.1, 0.15) is 11.9 Å². The zero-order valence-electron chi connectivity index (χ0n) is 14.7. The molecule has 0 spiro atoms. The summed E-state index contributed by atoms with van der Waals surface area (Å²) in [4.78, 5) is 27.8. The predicted molar refractivity (Wildman–Crippen MR) is 93.7 cm³/mol. The maximum absolute atomic E-state index is 12.9. The normalized spacial score (nSPS) is 18.2. The van der Waals surface area contributed by atoms with Gasteiger partial charge >= 0.3 is 5.69 Å². The number of hydrogen-bond donors (Lipinski definition) is 0. The molecule has 1 saturated heterocycles. The molecule has 3 heterocycles. The first kappa shape index (κ1) is 18.3. The smallest absolute Gasteiger partial charge is 0.330 e. The lowest BCUT2D eigenvalue weighted by atomic mass is 10.3. The maximum atomic E-state index is 12.9. The van der Waals surface area contributed by atoms with Gasteiger partial charge in [-0.15, -0.1) is 0 Å². The minimum atomic E-state index is -4.02. The van der Waals surface area contributed by atoms with E-state index in [9.17, 15) is 18.0 Å². The first-order valence-electron chi connectivity index (χ1n) is 8.07. The largest absolute Gasteiger partial charge is 0.487 e. The SMILES string of the molecule is Cc1ncccc1OC1CCN(S(=O)(=O)c2cn(C)c(=O)n(C)c2=O)C1. The molecule has 1 aliphatic heterocycles. The van der Waals surface area contributed by atoms with Gasteiger partial charge in [-0.2, -0.15) is 4.31 Å². The third kappa shape index (κ3) is 3.17. The number of rotatable bonds is 4. The first-order chi connectivity index (χ1) is 12.2. The molecular weight excluding hydrogens is 360 g/mol. The van der Waals surface area contributed by atoms with Crippen LogP contribution in [-0.2, 0) is 24.1 Å². The van der Waals surface area contributed by atoms with Gasteiger partial charge in [-0.1, -0.05) is 0 Å². The van der Waals surface area contributed by atoms with Crippen LogP contribution in [-0.4, -0.2) is 46.0 Å². The van der Waals surface area contributed by atoms with Crippen LogP contribution < -0.4 is 16.0 Å². The van der Waals surface area contributed by atoms with Gasteiger partial charge in [-0.3, -0.25) is 14.3 Å². The molecule has 26 heavy (non-hydrogen) atoms. The zero-order chi connectivity index (χ0) is 19.1. The first-order valence-corrected chi connectivity index (χ1v) is 9.51. The van der Waals surface area contributed by atoms with Crippen molar-refractivity contribution in [3.63, 3.8) is 0 Å². The number of aryl methyl sites for hydroxylation is 2. The monoisotopic (exact) mass is 380 g/mol. The van der Waals surface area contributed by atoms with Crippen LogP contribution in [0.25, 0.3) is 0 Å². The molecule has 1 unspecified atom stereocenters. The Hall–Kier alpha value is -2.46. The van der Waals surface area contributed by atoms with Crippen molar-refractivity contribution in [2.45, 2.75) is 24.3 Å². The highest BCUT2D eigenvalue weighted by atomic mass is 32.2. The van der Waals surface area contributed by atoms with Gasteiger partial charge in [0.15, 0.2) is 4.90 Å². The van der Waals surface area contributed by atoms with Gasteiger partial charge in [-0.25, -0.2) is 13.2 Å². The van der Waals surface area contributed by atoms with Gasteiger partial charge in [0.05, 0.1) is 12.2 Å². The Bertz CT molecular complexity index is 1060. The van der Waals surface area contributed by atoms with Crippen molar-refractivity contribution in [2.75, 3.05) is 13.1 Å². The molecule has 0 amide bonds. The quantitative estimate of drug-likeness (QED) is 0.717. The van der Waals surface area contributed by atoms with Crippen molar-refractivity contribution in [3.8, 4) is 5.75 Å². The molecule has 1 atom stereocenters. The van der Waals surface area contributed by atoms with Crippen LogP contribution in [0, 0.1) is 6.92 Å². The summed E-state index contributed by atoms with van der Waals surface area (Å²) in [5, 5.41) is 0. The number of aromatic nitrogens is 3. The summed E-state index contributed by atoms with van der Waals surface area (Å²) in [6.45, 7) is 2.17.